The average molecular weight is 338 g/mol. The second-order valence-corrected chi connectivity index (χ2v) is 6.60. The van der Waals surface area contributed by atoms with E-state index in [1.54, 1.807) is 7.11 Å². The van der Waals surface area contributed by atoms with Crippen molar-refractivity contribution < 1.29 is 9.53 Å². The zero-order chi connectivity index (χ0) is 17.6. The van der Waals surface area contributed by atoms with Crippen LogP contribution >= 0.6 is 0 Å². The van der Waals surface area contributed by atoms with Crippen molar-refractivity contribution in [3.63, 3.8) is 0 Å². The molecule has 1 unspecified atom stereocenters. The number of likely N-dealkylation sites (tertiary alicyclic amines) is 1. The van der Waals surface area contributed by atoms with Gasteiger partial charge in [0.1, 0.15) is 5.75 Å². The first-order valence-corrected chi connectivity index (χ1v) is 8.87. The number of amides is 1. The van der Waals surface area contributed by atoms with Crippen LogP contribution in [0.5, 0.6) is 5.75 Å². The van der Waals surface area contributed by atoms with Crippen LogP contribution in [-0.4, -0.2) is 31.0 Å². The summed E-state index contributed by atoms with van der Waals surface area (Å²) in [4.78, 5) is 14.0. The molecular formula is C21H26N2O2. The first kappa shape index (κ1) is 17.5. The van der Waals surface area contributed by atoms with E-state index in [-0.39, 0.29) is 11.9 Å². The van der Waals surface area contributed by atoms with Crippen LogP contribution < -0.4 is 10.1 Å². The molecule has 1 amide bonds. The van der Waals surface area contributed by atoms with Gasteiger partial charge in [-0.1, -0.05) is 48.0 Å². The fourth-order valence-corrected chi connectivity index (χ4v) is 3.37. The highest BCUT2D eigenvalue weighted by Crippen LogP contribution is 2.23. The quantitative estimate of drug-likeness (QED) is 0.841. The number of aryl methyl sites for hydroxylation is 1. The molecule has 1 atom stereocenters. The maximum absolute atomic E-state index is 12.0. The SMILES string of the molecule is COc1ccc(C)cc1CNC(CN1CCCC1=O)c1ccccc1. The molecule has 2 aromatic carbocycles. The summed E-state index contributed by atoms with van der Waals surface area (Å²) in [7, 11) is 1.70. The number of nitrogens with one attached hydrogen (secondary N) is 1. The van der Waals surface area contributed by atoms with E-state index in [9.17, 15) is 4.79 Å². The third kappa shape index (κ3) is 4.40. The van der Waals surface area contributed by atoms with Gasteiger partial charge in [-0.15, -0.1) is 0 Å². The van der Waals surface area contributed by atoms with E-state index in [2.05, 4.69) is 36.5 Å². The van der Waals surface area contributed by atoms with E-state index in [1.165, 1.54) is 11.1 Å². The van der Waals surface area contributed by atoms with Gasteiger partial charge < -0.3 is 15.0 Å². The number of nitrogens with zero attached hydrogens (tertiary/aromatic N) is 1. The van der Waals surface area contributed by atoms with Gasteiger partial charge in [-0.3, -0.25) is 4.79 Å². The van der Waals surface area contributed by atoms with Gasteiger partial charge in [-0.05, 0) is 25.0 Å². The predicted molar refractivity (Wildman–Crippen MR) is 99.6 cm³/mol. The number of hydrogen-bond donors (Lipinski definition) is 1. The summed E-state index contributed by atoms with van der Waals surface area (Å²) in [5.41, 5.74) is 3.55. The largest absolute Gasteiger partial charge is 0.496 e. The second kappa shape index (κ2) is 8.17. The van der Waals surface area contributed by atoms with Crippen molar-refractivity contribution in [2.24, 2.45) is 0 Å². The molecule has 0 aliphatic carbocycles. The summed E-state index contributed by atoms with van der Waals surface area (Å²) in [5, 5.41) is 3.63. The third-order valence-electron chi connectivity index (χ3n) is 4.75. The fraction of sp³-hybridized carbons (Fsp3) is 0.381. The lowest BCUT2D eigenvalue weighted by molar-refractivity contribution is -0.128. The molecule has 25 heavy (non-hydrogen) atoms. The van der Waals surface area contributed by atoms with Crippen molar-refractivity contribution in [3.8, 4) is 5.75 Å². The van der Waals surface area contributed by atoms with Gasteiger partial charge in [0.2, 0.25) is 5.91 Å². The molecule has 1 heterocycles. The number of carbonyl (C=O) groups excluding carboxylic acids is 1. The van der Waals surface area contributed by atoms with E-state index >= 15 is 0 Å². The van der Waals surface area contributed by atoms with E-state index in [0.29, 0.717) is 19.5 Å². The zero-order valence-electron chi connectivity index (χ0n) is 15.0. The Morgan fingerprint density at radius 2 is 2.00 bits per heavy atom. The summed E-state index contributed by atoms with van der Waals surface area (Å²) in [6.07, 6.45) is 1.64. The molecule has 0 radical (unpaired) electrons. The molecule has 2 aromatic rings. The van der Waals surface area contributed by atoms with Crippen LogP contribution in [0, 0.1) is 6.92 Å². The first-order chi connectivity index (χ1) is 12.2. The highest BCUT2D eigenvalue weighted by molar-refractivity contribution is 5.78. The third-order valence-corrected chi connectivity index (χ3v) is 4.75. The molecule has 132 valence electrons. The molecule has 0 aromatic heterocycles. The van der Waals surface area contributed by atoms with Gasteiger partial charge in [-0.25, -0.2) is 0 Å². The molecule has 1 saturated heterocycles. The van der Waals surface area contributed by atoms with Crippen molar-refractivity contribution in [1.82, 2.24) is 10.2 Å². The number of methoxy groups -OCH3 is 1. The summed E-state index contributed by atoms with van der Waals surface area (Å²) in [6.45, 7) is 4.35. The molecule has 1 aliphatic heterocycles. The molecule has 4 nitrogen and oxygen atoms in total. The van der Waals surface area contributed by atoms with Crippen LogP contribution in [0.2, 0.25) is 0 Å². The van der Waals surface area contributed by atoms with Gasteiger partial charge >= 0.3 is 0 Å². The van der Waals surface area contributed by atoms with Crippen molar-refractivity contribution in [2.75, 3.05) is 20.2 Å². The van der Waals surface area contributed by atoms with Crippen LogP contribution in [-0.2, 0) is 11.3 Å². The molecule has 3 rings (SSSR count). The molecule has 0 saturated carbocycles. The maximum Gasteiger partial charge on any atom is 0.222 e. The summed E-state index contributed by atoms with van der Waals surface area (Å²) < 4.78 is 5.48. The molecule has 0 bridgehead atoms. The van der Waals surface area contributed by atoms with Gasteiger partial charge in [0.05, 0.1) is 13.2 Å². The van der Waals surface area contributed by atoms with Crippen LogP contribution in [0.3, 0.4) is 0 Å². The minimum Gasteiger partial charge on any atom is -0.496 e. The Morgan fingerprint density at radius 3 is 2.68 bits per heavy atom. The van der Waals surface area contributed by atoms with Gasteiger partial charge in [-0.2, -0.15) is 0 Å². The topological polar surface area (TPSA) is 41.6 Å². The highest BCUT2D eigenvalue weighted by atomic mass is 16.5. The Balaban J connectivity index is 1.76. The number of ether oxygens (including phenoxy) is 1. The maximum atomic E-state index is 12.0. The number of hydrogen-bond acceptors (Lipinski definition) is 3. The van der Waals surface area contributed by atoms with Crippen LogP contribution in [0.1, 0.15) is 35.6 Å². The second-order valence-electron chi connectivity index (χ2n) is 6.60. The standard InChI is InChI=1S/C21H26N2O2/c1-16-10-11-20(25-2)18(13-16)14-22-19(17-7-4-3-5-8-17)15-23-12-6-9-21(23)24/h3-5,7-8,10-11,13,19,22H,6,9,12,14-15H2,1-2H3. The minimum atomic E-state index is 0.105. The first-order valence-electron chi connectivity index (χ1n) is 8.87. The number of carbonyl (C=O) groups is 1. The normalized spacial score (nSPS) is 15.4. The van der Waals surface area contributed by atoms with E-state index in [0.717, 1.165) is 24.3 Å². The lowest BCUT2D eigenvalue weighted by Gasteiger charge is -2.25. The van der Waals surface area contributed by atoms with Crippen LogP contribution in [0.25, 0.3) is 0 Å². The number of rotatable bonds is 7. The van der Waals surface area contributed by atoms with Gasteiger partial charge in [0.25, 0.3) is 0 Å². The minimum absolute atomic E-state index is 0.105. The summed E-state index contributed by atoms with van der Waals surface area (Å²) in [6, 6.07) is 16.7. The van der Waals surface area contributed by atoms with Crippen molar-refractivity contribution in [2.45, 2.75) is 32.4 Å². The van der Waals surface area contributed by atoms with Crippen molar-refractivity contribution in [3.05, 3.63) is 65.2 Å². The zero-order valence-corrected chi connectivity index (χ0v) is 15.0. The number of benzene rings is 2. The van der Waals surface area contributed by atoms with Gasteiger partial charge in [0.15, 0.2) is 0 Å². The fourth-order valence-electron chi connectivity index (χ4n) is 3.37. The lowest BCUT2D eigenvalue weighted by atomic mass is 10.0. The summed E-state index contributed by atoms with van der Waals surface area (Å²) >= 11 is 0. The predicted octanol–water partition coefficient (Wildman–Crippen LogP) is 3.46. The Morgan fingerprint density at radius 1 is 1.20 bits per heavy atom. The van der Waals surface area contributed by atoms with Crippen molar-refractivity contribution >= 4 is 5.91 Å². The van der Waals surface area contributed by atoms with Crippen LogP contribution in [0.15, 0.2) is 48.5 Å². The Labute approximate surface area is 149 Å². The monoisotopic (exact) mass is 338 g/mol. The molecule has 1 fully saturated rings. The molecule has 1 aliphatic rings. The lowest BCUT2D eigenvalue weighted by Crippen LogP contribution is -2.35. The Hall–Kier alpha value is -2.33. The molecule has 4 heteroatoms. The molecular weight excluding hydrogens is 312 g/mol. The average Bonchev–Trinajstić information content (AvgIpc) is 3.04. The van der Waals surface area contributed by atoms with E-state index in [1.807, 2.05) is 29.2 Å². The van der Waals surface area contributed by atoms with E-state index < -0.39 is 0 Å². The van der Waals surface area contributed by atoms with Crippen LogP contribution in [0.4, 0.5) is 0 Å². The van der Waals surface area contributed by atoms with Crippen molar-refractivity contribution in [1.29, 1.82) is 0 Å². The molecule has 1 N–H and O–H groups in total. The highest BCUT2D eigenvalue weighted by Gasteiger charge is 2.24. The Bertz CT molecular complexity index is 715. The van der Waals surface area contributed by atoms with Gasteiger partial charge in [0, 0.05) is 31.6 Å². The summed E-state index contributed by atoms with van der Waals surface area (Å²) in [5.74, 6) is 1.15. The molecule has 0 spiro atoms. The Kier molecular flexibility index (Phi) is 5.71. The van der Waals surface area contributed by atoms with E-state index in [4.69, 9.17) is 4.74 Å². The smallest absolute Gasteiger partial charge is 0.222 e.